The molecule has 0 aromatic heterocycles. The summed E-state index contributed by atoms with van der Waals surface area (Å²) in [6.07, 6.45) is 2.26. The minimum absolute atomic E-state index is 0.234. The molecular weight excluding hydrogens is 258 g/mol. The van der Waals surface area contributed by atoms with Crippen molar-refractivity contribution < 1.29 is 4.79 Å². The molecular formula is C19H29NO. The number of hydrogen-bond donors (Lipinski definition) is 0. The highest BCUT2D eigenvalue weighted by molar-refractivity contribution is 5.90. The minimum atomic E-state index is 0.234. The van der Waals surface area contributed by atoms with Crippen LogP contribution in [0.3, 0.4) is 0 Å². The molecule has 0 aliphatic heterocycles. The van der Waals surface area contributed by atoms with Gasteiger partial charge in [0.15, 0.2) is 0 Å². The van der Waals surface area contributed by atoms with Gasteiger partial charge in [0.25, 0.3) is 0 Å². The first-order valence-corrected chi connectivity index (χ1v) is 8.05. The third-order valence-electron chi connectivity index (χ3n) is 3.79. The zero-order valence-corrected chi connectivity index (χ0v) is 14.4. The Hall–Kier alpha value is -1.44. The molecule has 0 saturated heterocycles. The standard InChI is InChI=1S/C19H29NO/c1-7-16(12-11-15(6)21)20-19-17(13(2)3)9-8-10-18(19)14(4)5/h8-10,13-14H,7,11-12H2,1-6H3/b20-16-. The highest BCUT2D eigenvalue weighted by atomic mass is 16.1. The quantitative estimate of drug-likeness (QED) is 0.584. The van der Waals surface area contributed by atoms with E-state index >= 15 is 0 Å². The summed E-state index contributed by atoms with van der Waals surface area (Å²) in [7, 11) is 0. The van der Waals surface area contributed by atoms with E-state index in [2.05, 4.69) is 52.8 Å². The van der Waals surface area contributed by atoms with E-state index in [1.165, 1.54) is 11.1 Å². The fourth-order valence-electron chi connectivity index (χ4n) is 2.43. The largest absolute Gasteiger partial charge is 0.300 e. The van der Waals surface area contributed by atoms with Crippen molar-refractivity contribution in [2.75, 3.05) is 0 Å². The molecule has 0 amide bonds. The van der Waals surface area contributed by atoms with Gasteiger partial charge in [-0.15, -0.1) is 0 Å². The number of carbonyl (C=O) groups is 1. The second-order valence-electron chi connectivity index (χ2n) is 6.33. The van der Waals surface area contributed by atoms with Crippen LogP contribution < -0.4 is 0 Å². The highest BCUT2D eigenvalue weighted by Gasteiger charge is 2.13. The summed E-state index contributed by atoms with van der Waals surface area (Å²) < 4.78 is 0. The number of rotatable bonds is 7. The molecule has 2 heteroatoms. The molecule has 1 aromatic carbocycles. The fourth-order valence-corrected chi connectivity index (χ4v) is 2.43. The molecule has 21 heavy (non-hydrogen) atoms. The van der Waals surface area contributed by atoms with Crippen LogP contribution in [0.15, 0.2) is 23.2 Å². The van der Waals surface area contributed by atoms with E-state index in [0.29, 0.717) is 18.3 Å². The molecule has 0 unspecified atom stereocenters. The Morgan fingerprint density at radius 1 is 1.05 bits per heavy atom. The zero-order chi connectivity index (χ0) is 16.0. The van der Waals surface area contributed by atoms with Gasteiger partial charge in [-0.1, -0.05) is 52.8 Å². The summed E-state index contributed by atoms with van der Waals surface area (Å²) in [6.45, 7) is 12.6. The van der Waals surface area contributed by atoms with Gasteiger partial charge in [0.1, 0.15) is 5.78 Å². The highest BCUT2D eigenvalue weighted by Crippen LogP contribution is 2.35. The summed E-state index contributed by atoms with van der Waals surface area (Å²) in [5.41, 5.74) is 4.85. The number of para-hydroxylation sites is 1. The lowest BCUT2D eigenvalue weighted by molar-refractivity contribution is -0.116. The molecule has 1 rings (SSSR count). The number of benzene rings is 1. The first-order valence-electron chi connectivity index (χ1n) is 8.05. The zero-order valence-electron chi connectivity index (χ0n) is 14.4. The molecule has 0 N–H and O–H groups in total. The van der Waals surface area contributed by atoms with Crippen LogP contribution in [0.25, 0.3) is 0 Å². The maximum atomic E-state index is 11.2. The van der Waals surface area contributed by atoms with Gasteiger partial charge in [-0.05, 0) is 42.7 Å². The molecule has 0 heterocycles. The van der Waals surface area contributed by atoms with E-state index in [1.54, 1.807) is 6.92 Å². The summed E-state index contributed by atoms with van der Waals surface area (Å²) in [4.78, 5) is 16.2. The van der Waals surface area contributed by atoms with Crippen LogP contribution in [0.5, 0.6) is 0 Å². The van der Waals surface area contributed by atoms with Crippen LogP contribution >= 0.6 is 0 Å². The predicted octanol–water partition coefficient (Wildman–Crippen LogP) is 5.79. The lowest BCUT2D eigenvalue weighted by Gasteiger charge is -2.17. The molecule has 0 aliphatic carbocycles. The van der Waals surface area contributed by atoms with Crippen molar-refractivity contribution in [1.82, 2.24) is 0 Å². The Kier molecular flexibility index (Phi) is 6.80. The van der Waals surface area contributed by atoms with E-state index in [-0.39, 0.29) is 5.78 Å². The van der Waals surface area contributed by atoms with Gasteiger partial charge in [0, 0.05) is 12.1 Å². The van der Waals surface area contributed by atoms with Crippen molar-refractivity contribution in [3.63, 3.8) is 0 Å². The molecule has 0 aliphatic rings. The third-order valence-corrected chi connectivity index (χ3v) is 3.79. The average molecular weight is 287 g/mol. The molecule has 0 saturated carbocycles. The number of hydrogen-bond acceptors (Lipinski definition) is 2. The Balaban J connectivity index is 3.27. The molecule has 0 bridgehead atoms. The van der Waals surface area contributed by atoms with Gasteiger partial charge in [-0.2, -0.15) is 0 Å². The van der Waals surface area contributed by atoms with E-state index in [1.807, 2.05) is 0 Å². The van der Waals surface area contributed by atoms with Crippen LogP contribution in [0.1, 0.15) is 83.8 Å². The second-order valence-corrected chi connectivity index (χ2v) is 6.33. The third kappa shape index (κ3) is 5.11. The first kappa shape index (κ1) is 17.6. The molecule has 0 spiro atoms. The number of Topliss-reactive ketones (excluding diaryl/α,β-unsaturated/α-hetero) is 1. The molecule has 116 valence electrons. The van der Waals surface area contributed by atoms with Crippen LogP contribution in [0.2, 0.25) is 0 Å². The van der Waals surface area contributed by atoms with Crippen molar-refractivity contribution in [1.29, 1.82) is 0 Å². The lowest BCUT2D eigenvalue weighted by Crippen LogP contribution is -2.02. The maximum absolute atomic E-state index is 11.2. The Labute approximate surface area is 129 Å². The van der Waals surface area contributed by atoms with Crippen LogP contribution in [-0.4, -0.2) is 11.5 Å². The number of carbonyl (C=O) groups excluding carboxylic acids is 1. The first-order chi connectivity index (χ1) is 9.86. The fraction of sp³-hybridized carbons (Fsp3) is 0.579. The van der Waals surface area contributed by atoms with E-state index in [0.717, 1.165) is 24.2 Å². The molecule has 2 nitrogen and oxygen atoms in total. The van der Waals surface area contributed by atoms with Crippen LogP contribution in [0.4, 0.5) is 5.69 Å². The minimum Gasteiger partial charge on any atom is -0.300 e. The van der Waals surface area contributed by atoms with Crippen molar-refractivity contribution >= 4 is 17.2 Å². The van der Waals surface area contributed by atoms with Gasteiger partial charge < -0.3 is 4.79 Å². The second kappa shape index (κ2) is 8.11. The Morgan fingerprint density at radius 2 is 1.57 bits per heavy atom. The monoisotopic (exact) mass is 287 g/mol. The smallest absolute Gasteiger partial charge is 0.130 e. The predicted molar refractivity (Wildman–Crippen MR) is 91.9 cm³/mol. The normalized spacial score (nSPS) is 12.3. The van der Waals surface area contributed by atoms with Crippen molar-refractivity contribution in [2.24, 2.45) is 4.99 Å². The van der Waals surface area contributed by atoms with Gasteiger partial charge in [0.2, 0.25) is 0 Å². The number of aliphatic imine (C=N–C) groups is 1. The molecule has 1 aromatic rings. The molecule has 0 radical (unpaired) electrons. The van der Waals surface area contributed by atoms with Crippen molar-refractivity contribution in [3.8, 4) is 0 Å². The number of ketones is 1. The van der Waals surface area contributed by atoms with Crippen molar-refractivity contribution in [3.05, 3.63) is 29.3 Å². The van der Waals surface area contributed by atoms with Crippen molar-refractivity contribution in [2.45, 2.75) is 72.6 Å². The SMILES string of the molecule is CC/C(CCC(C)=O)=N/c1c(C(C)C)cccc1C(C)C. The lowest BCUT2D eigenvalue weighted by atomic mass is 9.92. The molecule has 0 atom stereocenters. The van der Waals surface area contributed by atoms with Gasteiger partial charge in [0.05, 0.1) is 5.69 Å². The topological polar surface area (TPSA) is 29.4 Å². The number of nitrogens with zero attached hydrogens (tertiary/aromatic N) is 1. The van der Waals surface area contributed by atoms with Gasteiger partial charge in [-0.25, -0.2) is 0 Å². The maximum Gasteiger partial charge on any atom is 0.130 e. The summed E-state index contributed by atoms with van der Waals surface area (Å²) in [5, 5.41) is 0. The molecule has 0 fully saturated rings. The van der Waals surface area contributed by atoms with Crippen LogP contribution in [0, 0.1) is 0 Å². The van der Waals surface area contributed by atoms with E-state index in [9.17, 15) is 4.79 Å². The van der Waals surface area contributed by atoms with Crippen LogP contribution in [-0.2, 0) is 4.79 Å². The Morgan fingerprint density at radius 3 is 1.95 bits per heavy atom. The summed E-state index contributed by atoms with van der Waals surface area (Å²) in [5.74, 6) is 1.14. The van der Waals surface area contributed by atoms with Gasteiger partial charge >= 0.3 is 0 Å². The summed E-state index contributed by atoms with van der Waals surface area (Å²) in [6, 6.07) is 6.48. The van der Waals surface area contributed by atoms with E-state index in [4.69, 9.17) is 4.99 Å². The van der Waals surface area contributed by atoms with E-state index < -0.39 is 0 Å². The summed E-state index contributed by atoms with van der Waals surface area (Å²) >= 11 is 0. The van der Waals surface area contributed by atoms with Gasteiger partial charge in [-0.3, -0.25) is 4.99 Å². The Bertz CT molecular complexity index is 486. The average Bonchev–Trinajstić information content (AvgIpc) is 2.42.